The Morgan fingerprint density at radius 1 is 1.25 bits per heavy atom. The highest BCUT2D eigenvalue weighted by atomic mass is 35.5. The van der Waals surface area contributed by atoms with E-state index in [2.05, 4.69) is 10.2 Å². The molecule has 1 N–H and O–H groups in total. The van der Waals surface area contributed by atoms with Gasteiger partial charge in [0.15, 0.2) is 0 Å². The molecule has 8 heteroatoms. The van der Waals surface area contributed by atoms with Crippen LogP contribution in [0.4, 0.5) is 0 Å². The number of nitrogens with zero attached hydrogens (tertiary/aromatic N) is 2. The monoisotopic (exact) mass is 373 g/mol. The lowest BCUT2D eigenvalue weighted by Gasteiger charge is -2.31. The second-order valence-electron chi connectivity index (χ2n) is 5.96. The smallest absolute Gasteiger partial charge is 0.252 e. The highest BCUT2D eigenvalue weighted by Gasteiger charge is 2.28. The summed E-state index contributed by atoms with van der Waals surface area (Å²) in [5.41, 5.74) is 0.197. The summed E-state index contributed by atoms with van der Waals surface area (Å²) in [6.45, 7) is 4.84. The van der Waals surface area contributed by atoms with E-state index in [1.54, 1.807) is 0 Å². The number of unbranched alkanes of at least 4 members (excludes halogenated alkanes) is 1. The molecule has 0 atom stereocenters. The van der Waals surface area contributed by atoms with E-state index < -0.39 is 10.0 Å². The molecular weight excluding hydrogens is 350 g/mol. The Balaban J connectivity index is 2.21. The number of carbonyl (C=O) groups excluding carboxylic acids is 1. The normalized spacial score (nSPS) is 17.0. The summed E-state index contributed by atoms with van der Waals surface area (Å²) < 4.78 is 27.0. The zero-order valence-corrected chi connectivity index (χ0v) is 15.7. The minimum Gasteiger partial charge on any atom is -0.352 e. The molecule has 0 radical (unpaired) electrons. The van der Waals surface area contributed by atoms with Gasteiger partial charge in [0.2, 0.25) is 10.0 Å². The Morgan fingerprint density at radius 3 is 2.54 bits per heavy atom. The van der Waals surface area contributed by atoms with Crippen LogP contribution in [0.3, 0.4) is 0 Å². The van der Waals surface area contributed by atoms with Crippen molar-refractivity contribution in [3.63, 3.8) is 0 Å². The van der Waals surface area contributed by atoms with E-state index in [9.17, 15) is 13.2 Å². The number of amides is 1. The summed E-state index contributed by atoms with van der Waals surface area (Å²) in [5.74, 6) is -0.344. The molecule has 0 bridgehead atoms. The van der Waals surface area contributed by atoms with E-state index in [1.807, 2.05) is 14.0 Å². The van der Waals surface area contributed by atoms with E-state index in [-0.39, 0.29) is 21.4 Å². The average molecular weight is 374 g/mol. The summed E-state index contributed by atoms with van der Waals surface area (Å²) in [5, 5.41) is 3.02. The third-order valence-electron chi connectivity index (χ3n) is 4.10. The Kier molecular flexibility index (Phi) is 6.62. The average Bonchev–Trinajstić information content (AvgIpc) is 2.55. The predicted molar refractivity (Wildman–Crippen MR) is 94.9 cm³/mol. The van der Waals surface area contributed by atoms with Gasteiger partial charge in [0.1, 0.15) is 0 Å². The van der Waals surface area contributed by atoms with Crippen LogP contribution in [0.25, 0.3) is 0 Å². The molecule has 2 rings (SSSR count). The third-order valence-corrected chi connectivity index (χ3v) is 6.32. The van der Waals surface area contributed by atoms with E-state index >= 15 is 0 Å². The number of carbonyl (C=O) groups is 1. The lowest BCUT2D eigenvalue weighted by Crippen LogP contribution is -2.47. The molecule has 134 valence electrons. The van der Waals surface area contributed by atoms with Crippen LogP contribution in [0, 0.1) is 0 Å². The van der Waals surface area contributed by atoms with Crippen molar-refractivity contribution in [3.8, 4) is 0 Å². The number of halogens is 1. The van der Waals surface area contributed by atoms with E-state index in [0.29, 0.717) is 32.7 Å². The number of nitrogens with one attached hydrogen (secondary N) is 1. The van der Waals surface area contributed by atoms with Crippen LogP contribution in [0.15, 0.2) is 23.1 Å². The SMILES string of the molecule is CCCCNC(=O)c1cc(S(=O)(=O)N2CCN(C)CC2)ccc1Cl. The van der Waals surface area contributed by atoms with Crippen molar-refractivity contribution in [3.05, 3.63) is 28.8 Å². The van der Waals surface area contributed by atoms with Crippen molar-refractivity contribution < 1.29 is 13.2 Å². The predicted octanol–water partition coefficient (Wildman–Crippen LogP) is 1.81. The number of likely N-dealkylation sites (N-methyl/N-ethyl adjacent to an activating group) is 1. The number of rotatable bonds is 6. The maximum Gasteiger partial charge on any atom is 0.252 e. The van der Waals surface area contributed by atoms with Crippen LogP contribution < -0.4 is 5.32 Å². The molecule has 0 unspecified atom stereocenters. The first kappa shape index (κ1) is 19.2. The zero-order chi connectivity index (χ0) is 17.7. The van der Waals surface area contributed by atoms with Gasteiger partial charge in [-0.3, -0.25) is 4.79 Å². The molecule has 0 aliphatic carbocycles. The maximum absolute atomic E-state index is 12.8. The van der Waals surface area contributed by atoms with Gasteiger partial charge in [0.05, 0.1) is 15.5 Å². The quantitative estimate of drug-likeness (QED) is 0.772. The van der Waals surface area contributed by atoms with Crippen LogP contribution in [0.2, 0.25) is 5.02 Å². The van der Waals surface area contributed by atoms with Crippen LogP contribution in [-0.4, -0.2) is 63.3 Å². The Labute approximate surface area is 148 Å². The molecule has 6 nitrogen and oxygen atoms in total. The molecule has 1 aliphatic heterocycles. The van der Waals surface area contributed by atoms with Crippen molar-refractivity contribution in [2.24, 2.45) is 0 Å². The van der Waals surface area contributed by atoms with Gasteiger partial charge in [-0.2, -0.15) is 4.31 Å². The Bertz CT molecular complexity index is 686. The standard InChI is InChI=1S/C16H24ClN3O3S/c1-3-4-7-18-16(21)14-12-13(5-6-15(14)17)24(22,23)20-10-8-19(2)9-11-20/h5-6,12H,3-4,7-11H2,1-2H3,(H,18,21). The van der Waals surface area contributed by atoms with Crippen molar-refractivity contribution in [1.29, 1.82) is 0 Å². The fourth-order valence-electron chi connectivity index (χ4n) is 2.49. The summed E-state index contributed by atoms with van der Waals surface area (Å²) in [4.78, 5) is 14.4. The molecule has 1 aromatic rings. The minimum absolute atomic E-state index is 0.108. The Hall–Kier alpha value is -1.15. The molecule has 0 saturated carbocycles. The second-order valence-corrected chi connectivity index (χ2v) is 8.30. The van der Waals surface area contributed by atoms with Crippen LogP contribution >= 0.6 is 11.6 Å². The van der Waals surface area contributed by atoms with Crippen LogP contribution in [0.1, 0.15) is 30.1 Å². The van der Waals surface area contributed by atoms with Crippen LogP contribution in [-0.2, 0) is 10.0 Å². The lowest BCUT2D eigenvalue weighted by atomic mass is 10.2. The summed E-state index contributed by atoms with van der Waals surface area (Å²) in [7, 11) is -1.65. The number of benzene rings is 1. The van der Waals surface area contributed by atoms with Gasteiger partial charge in [0.25, 0.3) is 5.91 Å². The molecular formula is C16H24ClN3O3S. The molecule has 0 spiro atoms. The highest BCUT2D eigenvalue weighted by molar-refractivity contribution is 7.89. The van der Waals surface area contributed by atoms with Gasteiger partial charge < -0.3 is 10.2 Å². The maximum atomic E-state index is 12.8. The number of hydrogen-bond acceptors (Lipinski definition) is 4. The molecule has 0 aromatic heterocycles. The van der Waals surface area contributed by atoms with Gasteiger partial charge in [-0.05, 0) is 31.7 Å². The largest absolute Gasteiger partial charge is 0.352 e. The summed E-state index contributed by atoms with van der Waals surface area (Å²) >= 11 is 6.08. The second kappa shape index (κ2) is 8.29. The number of piperazine rings is 1. The van der Waals surface area contributed by atoms with Crippen molar-refractivity contribution in [1.82, 2.24) is 14.5 Å². The van der Waals surface area contributed by atoms with E-state index in [4.69, 9.17) is 11.6 Å². The topological polar surface area (TPSA) is 69.7 Å². The van der Waals surface area contributed by atoms with Gasteiger partial charge >= 0.3 is 0 Å². The lowest BCUT2D eigenvalue weighted by molar-refractivity contribution is 0.0953. The van der Waals surface area contributed by atoms with Gasteiger partial charge in [-0.15, -0.1) is 0 Å². The Morgan fingerprint density at radius 2 is 1.92 bits per heavy atom. The molecule has 1 fully saturated rings. The van der Waals surface area contributed by atoms with Gasteiger partial charge in [0, 0.05) is 32.7 Å². The fraction of sp³-hybridized carbons (Fsp3) is 0.562. The number of sulfonamides is 1. The first-order chi connectivity index (χ1) is 11.4. The fourth-order valence-corrected chi connectivity index (χ4v) is 4.14. The first-order valence-electron chi connectivity index (χ1n) is 8.12. The van der Waals surface area contributed by atoms with Crippen molar-refractivity contribution in [2.75, 3.05) is 39.8 Å². The summed E-state index contributed by atoms with van der Waals surface area (Å²) in [6.07, 6.45) is 1.83. The van der Waals surface area contributed by atoms with Crippen molar-refractivity contribution >= 4 is 27.5 Å². The number of hydrogen-bond donors (Lipinski definition) is 1. The minimum atomic E-state index is -3.62. The first-order valence-corrected chi connectivity index (χ1v) is 9.94. The van der Waals surface area contributed by atoms with Crippen molar-refractivity contribution in [2.45, 2.75) is 24.7 Å². The zero-order valence-electron chi connectivity index (χ0n) is 14.1. The molecule has 1 amide bonds. The molecule has 24 heavy (non-hydrogen) atoms. The van der Waals surface area contributed by atoms with Gasteiger partial charge in [-0.25, -0.2) is 8.42 Å². The van der Waals surface area contributed by atoms with Crippen LogP contribution in [0.5, 0.6) is 0 Å². The van der Waals surface area contributed by atoms with E-state index in [1.165, 1.54) is 22.5 Å². The molecule has 1 aromatic carbocycles. The van der Waals surface area contributed by atoms with Gasteiger partial charge in [-0.1, -0.05) is 24.9 Å². The molecule has 1 aliphatic rings. The molecule has 1 heterocycles. The summed E-state index contributed by atoms with van der Waals surface area (Å²) in [6, 6.07) is 4.30. The highest BCUT2D eigenvalue weighted by Crippen LogP contribution is 2.23. The third kappa shape index (κ3) is 4.47. The molecule has 1 saturated heterocycles. The van der Waals surface area contributed by atoms with E-state index in [0.717, 1.165) is 12.8 Å².